The molecule has 0 spiro atoms. The quantitative estimate of drug-likeness (QED) is 0.763. The van der Waals surface area contributed by atoms with Gasteiger partial charge in [-0.25, -0.2) is 4.39 Å². The molecule has 29 heavy (non-hydrogen) atoms. The number of likely N-dealkylation sites (N-methyl/N-ethyl adjacent to an activating group) is 1. The Kier molecular flexibility index (Phi) is 5.24. The molecule has 0 aromatic heterocycles. The van der Waals surface area contributed by atoms with E-state index in [1.807, 2.05) is 24.3 Å². The van der Waals surface area contributed by atoms with Gasteiger partial charge in [0, 0.05) is 43.2 Å². The number of piperazine rings is 1. The van der Waals surface area contributed by atoms with Crippen LogP contribution in [-0.4, -0.2) is 49.9 Å². The van der Waals surface area contributed by atoms with Crippen molar-refractivity contribution in [2.24, 2.45) is 5.41 Å². The molecule has 152 valence electrons. The van der Waals surface area contributed by atoms with Gasteiger partial charge >= 0.3 is 0 Å². The van der Waals surface area contributed by atoms with Crippen molar-refractivity contribution < 1.29 is 14.0 Å². The van der Waals surface area contributed by atoms with Crippen LogP contribution in [-0.2, 0) is 9.59 Å². The molecule has 0 atom stereocenters. The molecule has 2 aliphatic rings. The number of nitrogens with zero attached hydrogens (tertiary/aromatic N) is 2. The molecule has 1 aliphatic heterocycles. The average molecular weight is 396 g/mol. The number of amides is 2. The van der Waals surface area contributed by atoms with Crippen molar-refractivity contribution in [3.63, 3.8) is 0 Å². The van der Waals surface area contributed by atoms with Crippen LogP contribution in [0.1, 0.15) is 12.8 Å². The number of hydrogen-bond acceptors (Lipinski definition) is 4. The largest absolute Gasteiger partial charge is 0.369 e. The maximum atomic E-state index is 13.3. The van der Waals surface area contributed by atoms with Gasteiger partial charge in [0.25, 0.3) is 0 Å². The normalized spacial score (nSPS) is 18.2. The third kappa shape index (κ3) is 4.24. The molecule has 0 bridgehead atoms. The molecule has 0 unspecified atom stereocenters. The molecule has 2 aromatic rings. The number of rotatable bonds is 5. The lowest BCUT2D eigenvalue weighted by molar-refractivity contribution is -0.131. The molecular weight excluding hydrogens is 371 g/mol. The van der Waals surface area contributed by atoms with Crippen LogP contribution in [0.4, 0.5) is 21.5 Å². The van der Waals surface area contributed by atoms with Gasteiger partial charge in [-0.15, -0.1) is 0 Å². The van der Waals surface area contributed by atoms with Crippen LogP contribution < -0.4 is 15.5 Å². The standard InChI is InChI=1S/C22H25FN4O2/c1-26-11-13-27(14-12-26)19-7-5-17(6-8-19)24-20(28)22(9-10-22)21(29)25-18-4-2-3-16(23)15-18/h2-8,15H,9-14H2,1H3,(H,24,28)(H,25,29). The van der Waals surface area contributed by atoms with E-state index in [0.29, 0.717) is 24.2 Å². The predicted octanol–water partition coefficient (Wildman–Crippen LogP) is 2.93. The summed E-state index contributed by atoms with van der Waals surface area (Å²) in [6, 6.07) is 13.4. The summed E-state index contributed by atoms with van der Waals surface area (Å²) in [6.45, 7) is 4.01. The van der Waals surface area contributed by atoms with Crippen molar-refractivity contribution in [1.29, 1.82) is 0 Å². The fourth-order valence-corrected chi connectivity index (χ4v) is 3.57. The first-order chi connectivity index (χ1) is 14.0. The van der Waals surface area contributed by atoms with Crippen molar-refractivity contribution in [3.8, 4) is 0 Å². The number of anilines is 3. The Bertz CT molecular complexity index is 903. The van der Waals surface area contributed by atoms with Crippen molar-refractivity contribution in [2.45, 2.75) is 12.8 Å². The van der Waals surface area contributed by atoms with Crippen molar-refractivity contribution in [2.75, 3.05) is 48.8 Å². The Labute approximate surface area is 169 Å². The number of nitrogens with one attached hydrogen (secondary N) is 2. The molecule has 4 rings (SSSR count). The number of carbonyl (C=O) groups excluding carboxylic acids is 2. The van der Waals surface area contributed by atoms with Crippen LogP contribution in [0.5, 0.6) is 0 Å². The highest BCUT2D eigenvalue weighted by Gasteiger charge is 2.56. The zero-order chi connectivity index (χ0) is 20.4. The molecular formula is C22H25FN4O2. The fraction of sp³-hybridized carbons (Fsp3) is 0.364. The Hall–Kier alpha value is -2.93. The van der Waals surface area contributed by atoms with Crippen LogP contribution >= 0.6 is 0 Å². The second-order valence-electron chi connectivity index (χ2n) is 7.84. The van der Waals surface area contributed by atoms with Gasteiger partial charge in [0.1, 0.15) is 11.2 Å². The summed E-state index contributed by atoms with van der Waals surface area (Å²) in [6.07, 6.45) is 0.971. The maximum absolute atomic E-state index is 13.3. The lowest BCUT2D eigenvalue weighted by Crippen LogP contribution is -2.44. The SMILES string of the molecule is CN1CCN(c2ccc(NC(=O)C3(C(=O)Nc4cccc(F)c4)CC3)cc2)CC1. The third-order valence-electron chi connectivity index (χ3n) is 5.70. The summed E-state index contributed by atoms with van der Waals surface area (Å²) in [4.78, 5) is 30.0. The van der Waals surface area contributed by atoms with Gasteiger partial charge in [0.2, 0.25) is 11.8 Å². The first-order valence-electron chi connectivity index (χ1n) is 9.88. The zero-order valence-corrected chi connectivity index (χ0v) is 16.5. The van der Waals surface area contributed by atoms with E-state index in [2.05, 4.69) is 27.5 Å². The molecule has 2 amide bonds. The summed E-state index contributed by atoms with van der Waals surface area (Å²) in [5, 5.41) is 5.52. The second-order valence-corrected chi connectivity index (χ2v) is 7.84. The Balaban J connectivity index is 1.37. The minimum Gasteiger partial charge on any atom is -0.369 e. The van der Waals surface area contributed by atoms with E-state index in [9.17, 15) is 14.0 Å². The van der Waals surface area contributed by atoms with Gasteiger partial charge in [-0.05, 0) is 62.4 Å². The molecule has 1 heterocycles. The van der Waals surface area contributed by atoms with E-state index in [-0.39, 0.29) is 5.91 Å². The smallest absolute Gasteiger partial charge is 0.240 e. The molecule has 2 fully saturated rings. The minimum absolute atomic E-state index is 0.321. The van der Waals surface area contributed by atoms with Gasteiger partial charge in [0.05, 0.1) is 0 Å². The minimum atomic E-state index is -1.08. The van der Waals surface area contributed by atoms with Crippen LogP contribution in [0.3, 0.4) is 0 Å². The molecule has 6 nitrogen and oxygen atoms in total. The summed E-state index contributed by atoms with van der Waals surface area (Å²) in [5.74, 6) is -1.15. The first-order valence-corrected chi connectivity index (χ1v) is 9.88. The predicted molar refractivity (Wildman–Crippen MR) is 111 cm³/mol. The van der Waals surface area contributed by atoms with Gasteiger partial charge in [-0.1, -0.05) is 6.07 Å². The van der Waals surface area contributed by atoms with E-state index in [1.54, 1.807) is 6.07 Å². The van der Waals surface area contributed by atoms with E-state index in [4.69, 9.17) is 0 Å². The topological polar surface area (TPSA) is 64.7 Å². The lowest BCUT2D eigenvalue weighted by Gasteiger charge is -2.34. The van der Waals surface area contributed by atoms with Gasteiger partial charge in [-0.3, -0.25) is 9.59 Å². The second kappa shape index (κ2) is 7.83. The maximum Gasteiger partial charge on any atom is 0.240 e. The first kappa shape index (κ1) is 19.4. The van der Waals surface area contributed by atoms with E-state index in [0.717, 1.165) is 31.9 Å². The Morgan fingerprint density at radius 3 is 2.10 bits per heavy atom. The van der Waals surface area contributed by atoms with Crippen molar-refractivity contribution in [1.82, 2.24) is 4.90 Å². The molecule has 0 radical (unpaired) electrons. The molecule has 2 N–H and O–H groups in total. The van der Waals surface area contributed by atoms with Crippen LogP contribution in [0.15, 0.2) is 48.5 Å². The van der Waals surface area contributed by atoms with Crippen LogP contribution in [0.2, 0.25) is 0 Å². The number of hydrogen-bond donors (Lipinski definition) is 2. The number of benzene rings is 2. The van der Waals surface area contributed by atoms with E-state index >= 15 is 0 Å². The summed E-state index contributed by atoms with van der Waals surface area (Å²) < 4.78 is 13.3. The molecule has 2 aromatic carbocycles. The molecule has 1 saturated carbocycles. The third-order valence-corrected chi connectivity index (χ3v) is 5.70. The van der Waals surface area contributed by atoms with E-state index in [1.165, 1.54) is 18.2 Å². The average Bonchev–Trinajstić information content (AvgIpc) is 3.52. The van der Waals surface area contributed by atoms with Gasteiger partial charge < -0.3 is 20.4 Å². The van der Waals surface area contributed by atoms with Crippen LogP contribution in [0.25, 0.3) is 0 Å². The zero-order valence-electron chi connectivity index (χ0n) is 16.5. The summed E-state index contributed by atoms with van der Waals surface area (Å²) in [5.41, 5.74) is 1.06. The van der Waals surface area contributed by atoms with E-state index < -0.39 is 17.1 Å². The van der Waals surface area contributed by atoms with Gasteiger partial charge in [0.15, 0.2) is 0 Å². The molecule has 1 aliphatic carbocycles. The lowest BCUT2D eigenvalue weighted by atomic mass is 10.0. The highest BCUT2D eigenvalue weighted by molar-refractivity contribution is 6.16. The number of halogens is 1. The fourth-order valence-electron chi connectivity index (χ4n) is 3.57. The van der Waals surface area contributed by atoms with Gasteiger partial charge in [-0.2, -0.15) is 0 Å². The van der Waals surface area contributed by atoms with Crippen LogP contribution in [0, 0.1) is 11.2 Å². The molecule has 1 saturated heterocycles. The Morgan fingerprint density at radius 2 is 1.52 bits per heavy atom. The Morgan fingerprint density at radius 1 is 0.897 bits per heavy atom. The number of carbonyl (C=O) groups is 2. The summed E-state index contributed by atoms with van der Waals surface area (Å²) in [7, 11) is 2.12. The van der Waals surface area contributed by atoms with Crippen molar-refractivity contribution >= 4 is 28.9 Å². The summed E-state index contributed by atoms with van der Waals surface area (Å²) >= 11 is 0. The molecule has 7 heteroatoms. The highest BCUT2D eigenvalue weighted by atomic mass is 19.1. The highest BCUT2D eigenvalue weighted by Crippen LogP contribution is 2.47. The van der Waals surface area contributed by atoms with Crippen molar-refractivity contribution in [3.05, 3.63) is 54.3 Å². The monoisotopic (exact) mass is 396 g/mol.